The van der Waals surface area contributed by atoms with E-state index < -0.39 is 23.4 Å². The van der Waals surface area contributed by atoms with Gasteiger partial charge in [0.15, 0.2) is 5.65 Å². The number of hydrogen-bond acceptors (Lipinski definition) is 6. The van der Waals surface area contributed by atoms with Gasteiger partial charge in [-0.2, -0.15) is 5.10 Å². The second-order valence-electron chi connectivity index (χ2n) is 5.66. The lowest BCUT2D eigenvalue weighted by molar-refractivity contribution is -0.117. The van der Waals surface area contributed by atoms with Gasteiger partial charge < -0.3 is 26.7 Å². The molecule has 12 nitrogen and oxygen atoms in total. The summed E-state index contributed by atoms with van der Waals surface area (Å²) in [6.07, 6.45) is 1.21. The number of amides is 4. The van der Waals surface area contributed by atoms with E-state index in [4.69, 9.17) is 5.73 Å². The Morgan fingerprint density at radius 3 is 2.64 bits per heavy atom. The molecule has 7 N–H and O–H groups in total. The van der Waals surface area contributed by atoms with Crippen molar-refractivity contribution in [2.45, 2.75) is 6.42 Å². The van der Waals surface area contributed by atoms with Crippen LogP contribution in [0.1, 0.15) is 16.9 Å². The molecule has 28 heavy (non-hydrogen) atoms. The fourth-order valence-electron chi connectivity index (χ4n) is 2.37. The molecule has 0 fully saturated rings. The summed E-state index contributed by atoms with van der Waals surface area (Å²) >= 11 is 0. The van der Waals surface area contributed by atoms with Gasteiger partial charge in [-0.1, -0.05) is 6.07 Å². The normalized spacial score (nSPS) is 10.4. The van der Waals surface area contributed by atoms with Crippen molar-refractivity contribution >= 4 is 40.3 Å². The number of nitrogens with two attached hydrogens (primary N) is 1. The van der Waals surface area contributed by atoms with Gasteiger partial charge in [0, 0.05) is 24.3 Å². The molecule has 0 atom stereocenters. The van der Waals surface area contributed by atoms with Crippen molar-refractivity contribution in [3.8, 4) is 0 Å². The van der Waals surface area contributed by atoms with Crippen LogP contribution in [0.2, 0.25) is 0 Å². The average molecular weight is 384 g/mol. The van der Waals surface area contributed by atoms with Crippen molar-refractivity contribution in [1.82, 2.24) is 25.5 Å². The third-order valence-corrected chi connectivity index (χ3v) is 3.62. The number of hydrogen-bond donors (Lipinski definition) is 6. The van der Waals surface area contributed by atoms with E-state index in [-0.39, 0.29) is 29.7 Å². The summed E-state index contributed by atoms with van der Waals surface area (Å²) in [6, 6.07) is 5.83. The molecule has 2 aromatic heterocycles. The number of nitrogens with one attached hydrogen (secondary N) is 5. The SMILES string of the molecule is NC(=O)CCNC(=O)Nc1cccc(NC(=O)c2[nH]nc3nc[nH]c(=O)c23)c1. The monoisotopic (exact) mass is 384 g/mol. The van der Waals surface area contributed by atoms with Crippen LogP contribution in [0.3, 0.4) is 0 Å². The van der Waals surface area contributed by atoms with Crippen LogP contribution < -0.4 is 27.2 Å². The first kappa shape index (κ1) is 18.6. The van der Waals surface area contributed by atoms with Crippen LogP contribution in [-0.4, -0.2) is 44.6 Å². The predicted molar refractivity (Wildman–Crippen MR) is 99.7 cm³/mol. The molecule has 2 heterocycles. The number of urea groups is 1. The van der Waals surface area contributed by atoms with E-state index in [1.165, 1.54) is 12.4 Å². The van der Waals surface area contributed by atoms with Gasteiger partial charge in [0.1, 0.15) is 11.1 Å². The summed E-state index contributed by atoms with van der Waals surface area (Å²) < 4.78 is 0. The largest absolute Gasteiger partial charge is 0.370 e. The van der Waals surface area contributed by atoms with Gasteiger partial charge in [-0.05, 0) is 18.2 Å². The number of anilines is 2. The highest BCUT2D eigenvalue weighted by atomic mass is 16.2. The van der Waals surface area contributed by atoms with Crippen molar-refractivity contribution in [3.63, 3.8) is 0 Å². The summed E-state index contributed by atoms with van der Waals surface area (Å²) in [6.45, 7) is 0.104. The fraction of sp³-hybridized carbons (Fsp3) is 0.125. The van der Waals surface area contributed by atoms with Crippen LogP contribution in [-0.2, 0) is 4.79 Å². The first-order chi connectivity index (χ1) is 13.4. The van der Waals surface area contributed by atoms with Crippen LogP contribution in [0.5, 0.6) is 0 Å². The van der Waals surface area contributed by atoms with E-state index in [2.05, 4.69) is 36.1 Å². The van der Waals surface area contributed by atoms with E-state index >= 15 is 0 Å². The molecule has 0 spiro atoms. The quantitative estimate of drug-likeness (QED) is 0.344. The number of aromatic nitrogens is 4. The number of benzene rings is 1. The van der Waals surface area contributed by atoms with Gasteiger partial charge in [0.25, 0.3) is 11.5 Å². The molecule has 3 rings (SSSR count). The highest BCUT2D eigenvalue weighted by Crippen LogP contribution is 2.17. The maximum Gasteiger partial charge on any atom is 0.319 e. The van der Waals surface area contributed by atoms with Gasteiger partial charge in [0.05, 0.1) is 6.33 Å². The van der Waals surface area contributed by atoms with Crippen molar-refractivity contribution in [1.29, 1.82) is 0 Å². The molecule has 3 aromatic rings. The molecule has 0 bridgehead atoms. The molecule has 0 unspecified atom stereocenters. The lowest BCUT2D eigenvalue weighted by atomic mass is 10.2. The minimum atomic E-state index is -0.593. The standard InChI is InChI=1S/C16H16N8O4/c17-10(25)4-5-18-16(28)22-9-3-1-2-8(6-9)21-15(27)12-11-13(24-23-12)19-7-20-14(11)26/h1-3,6-7H,4-5H2,(H2,17,25)(H,21,27)(H2,18,22,28)(H2,19,20,23,24,26). The van der Waals surface area contributed by atoms with E-state index in [0.29, 0.717) is 11.4 Å². The minimum absolute atomic E-state index is 0.0235. The number of carbonyl (C=O) groups is 3. The Morgan fingerprint density at radius 2 is 1.89 bits per heavy atom. The number of H-pyrrole nitrogens is 2. The smallest absolute Gasteiger partial charge is 0.319 e. The molecule has 0 aliphatic carbocycles. The Hall–Kier alpha value is -4.22. The van der Waals surface area contributed by atoms with Crippen LogP contribution in [0, 0.1) is 0 Å². The molecular formula is C16H16N8O4. The zero-order chi connectivity index (χ0) is 20.1. The number of carbonyl (C=O) groups excluding carboxylic acids is 3. The van der Waals surface area contributed by atoms with Crippen LogP contribution in [0.4, 0.5) is 16.2 Å². The molecule has 1 aromatic carbocycles. The van der Waals surface area contributed by atoms with Crippen molar-refractivity contribution in [3.05, 3.63) is 46.6 Å². The molecular weight excluding hydrogens is 368 g/mol. The van der Waals surface area contributed by atoms with Gasteiger partial charge in [-0.3, -0.25) is 19.5 Å². The number of aromatic amines is 2. The third kappa shape index (κ3) is 4.30. The Kier molecular flexibility index (Phi) is 5.30. The second-order valence-corrected chi connectivity index (χ2v) is 5.66. The molecule has 0 aliphatic heterocycles. The number of nitrogens with zero attached hydrogens (tertiary/aromatic N) is 2. The zero-order valence-corrected chi connectivity index (χ0v) is 14.4. The molecule has 12 heteroatoms. The molecule has 4 amide bonds. The lowest BCUT2D eigenvalue weighted by Gasteiger charge is -2.09. The van der Waals surface area contributed by atoms with Gasteiger partial charge in [0.2, 0.25) is 5.91 Å². The molecule has 0 saturated heterocycles. The highest BCUT2D eigenvalue weighted by molar-refractivity contribution is 6.10. The minimum Gasteiger partial charge on any atom is -0.370 e. The number of rotatable bonds is 6. The van der Waals surface area contributed by atoms with E-state index in [0.717, 1.165) is 0 Å². The Labute approximate surface area is 156 Å². The van der Waals surface area contributed by atoms with Crippen LogP contribution in [0.25, 0.3) is 11.0 Å². The molecule has 0 aliphatic rings. The van der Waals surface area contributed by atoms with Crippen molar-refractivity contribution in [2.75, 3.05) is 17.2 Å². The average Bonchev–Trinajstić information content (AvgIpc) is 3.07. The Bertz CT molecular complexity index is 1100. The van der Waals surface area contributed by atoms with Crippen molar-refractivity contribution < 1.29 is 14.4 Å². The zero-order valence-electron chi connectivity index (χ0n) is 14.4. The van der Waals surface area contributed by atoms with Gasteiger partial charge in [-0.15, -0.1) is 0 Å². The van der Waals surface area contributed by atoms with Crippen LogP contribution >= 0.6 is 0 Å². The maximum absolute atomic E-state index is 12.5. The van der Waals surface area contributed by atoms with E-state index in [1.807, 2.05) is 0 Å². The molecule has 144 valence electrons. The maximum atomic E-state index is 12.5. The van der Waals surface area contributed by atoms with E-state index in [9.17, 15) is 19.2 Å². The number of primary amides is 1. The summed E-state index contributed by atoms with van der Waals surface area (Å²) in [5, 5.41) is 14.0. The topological polar surface area (TPSA) is 188 Å². The summed E-state index contributed by atoms with van der Waals surface area (Å²) in [7, 11) is 0. The first-order valence-electron chi connectivity index (χ1n) is 8.10. The van der Waals surface area contributed by atoms with Crippen molar-refractivity contribution in [2.24, 2.45) is 5.73 Å². The van der Waals surface area contributed by atoms with E-state index in [1.54, 1.807) is 18.2 Å². The molecule has 0 radical (unpaired) electrons. The second kappa shape index (κ2) is 7.99. The molecule has 0 saturated carbocycles. The first-order valence-corrected chi connectivity index (χ1v) is 8.10. The fourth-order valence-corrected chi connectivity index (χ4v) is 2.37. The summed E-state index contributed by atoms with van der Waals surface area (Å²) in [4.78, 5) is 53.1. The summed E-state index contributed by atoms with van der Waals surface area (Å²) in [5.74, 6) is -1.12. The predicted octanol–water partition coefficient (Wildman–Crippen LogP) is -0.105. The van der Waals surface area contributed by atoms with Crippen LogP contribution in [0.15, 0.2) is 35.4 Å². The number of fused-ring (bicyclic) bond motifs is 1. The summed E-state index contributed by atoms with van der Waals surface area (Å²) in [5.41, 5.74) is 5.38. The lowest BCUT2D eigenvalue weighted by Crippen LogP contribution is -2.31. The van der Waals surface area contributed by atoms with Gasteiger partial charge in [-0.25, -0.2) is 9.78 Å². The highest BCUT2D eigenvalue weighted by Gasteiger charge is 2.17. The Balaban J connectivity index is 1.68. The van der Waals surface area contributed by atoms with Gasteiger partial charge >= 0.3 is 6.03 Å². The Morgan fingerprint density at radius 1 is 1.14 bits per heavy atom. The third-order valence-electron chi connectivity index (χ3n) is 3.62.